The van der Waals surface area contributed by atoms with Gasteiger partial charge in [0.25, 0.3) is 5.91 Å². The lowest BCUT2D eigenvalue weighted by molar-refractivity contribution is -0.125. The Morgan fingerprint density at radius 1 is 1.42 bits per heavy atom. The molecule has 0 saturated heterocycles. The molecule has 0 aliphatic heterocycles. The number of fused-ring (bicyclic) bond motifs is 1. The predicted octanol–water partition coefficient (Wildman–Crippen LogP) is 2.43. The number of halogens is 1. The molecule has 0 saturated carbocycles. The van der Waals surface area contributed by atoms with Gasteiger partial charge in [-0.2, -0.15) is 0 Å². The maximum atomic E-state index is 11.9. The summed E-state index contributed by atoms with van der Waals surface area (Å²) in [5, 5.41) is 1.13. The van der Waals surface area contributed by atoms with Crippen molar-refractivity contribution in [2.75, 3.05) is 0 Å². The van der Waals surface area contributed by atoms with Gasteiger partial charge in [0.2, 0.25) is 5.76 Å². The van der Waals surface area contributed by atoms with Gasteiger partial charge in [-0.05, 0) is 19.9 Å². The van der Waals surface area contributed by atoms with Crippen LogP contribution in [0.25, 0.3) is 11.0 Å². The van der Waals surface area contributed by atoms with Gasteiger partial charge in [0.05, 0.1) is 5.02 Å². The quantitative estimate of drug-likeness (QED) is 0.876. The molecular weight excluding hydrogens is 270 g/mol. The standard InChI is InChI=1S/C13H12ClNO4/c1-6-8-4-3-5-9(14)11(8)19-10(6)13(17)18-7(2)12(15)16/h3-5,7H,1-2H3,(H2,15,16)/t7-/m0/s1. The number of nitrogens with two attached hydrogens (primary N) is 1. The Kier molecular flexibility index (Phi) is 3.48. The molecule has 0 radical (unpaired) electrons. The van der Waals surface area contributed by atoms with Crippen LogP contribution >= 0.6 is 11.6 Å². The lowest BCUT2D eigenvalue weighted by Gasteiger charge is -2.07. The number of rotatable bonds is 3. The van der Waals surface area contributed by atoms with Gasteiger partial charge in [0.15, 0.2) is 11.7 Å². The minimum Gasteiger partial charge on any atom is -0.447 e. The van der Waals surface area contributed by atoms with Crippen LogP contribution < -0.4 is 5.73 Å². The van der Waals surface area contributed by atoms with Crippen molar-refractivity contribution in [3.63, 3.8) is 0 Å². The molecule has 0 unspecified atom stereocenters. The molecule has 1 amide bonds. The predicted molar refractivity (Wildman–Crippen MR) is 70.0 cm³/mol. The van der Waals surface area contributed by atoms with Gasteiger partial charge in [-0.25, -0.2) is 4.79 Å². The van der Waals surface area contributed by atoms with E-state index in [9.17, 15) is 9.59 Å². The van der Waals surface area contributed by atoms with E-state index in [1.807, 2.05) is 0 Å². The third-order valence-corrected chi connectivity index (χ3v) is 3.08. The Morgan fingerprint density at radius 2 is 2.11 bits per heavy atom. The Balaban J connectivity index is 2.41. The van der Waals surface area contributed by atoms with Gasteiger partial charge < -0.3 is 14.9 Å². The smallest absolute Gasteiger partial charge is 0.375 e. The number of primary amides is 1. The molecule has 2 rings (SSSR count). The minimum absolute atomic E-state index is 0.0243. The fourth-order valence-corrected chi connectivity index (χ4v) is 1.89. The van der Waals surface area contributed by atoms with Crippen LogP contribution in [0.2, 0.25) is 5.02 Å². The molecule has 1 aromatic carbocycles. The molecular formula is C13H12ClNO4. The lowest BCUT2D eigenvalue weighted by Crippen LogP contribution is -2.30. The van der Waals surface area contributed by atoms with Crippen LogP contribution in [-0.2, 0) is 9.53 Å². The van der Waals surface area contributed by atoms with Gasteiger partial charge in [-0.3, -0.25) is 4.79 Å². The van der Waals surface area contributed by atoms with Gasteiger partial charge in [-0.15, -0.1) is 0 Å². The summed E-state index contributed by atoms with van der Waals surface area (Å²) in [6.07, 6.45) is -1.02. The number of hydrogen-bond acceptors (Lipinski definition) is 4. The van der Waals surface area contributed by atoms with Crippen LogP contribution in [0.4, 0.5) is 0 Å². The second kappa shape index (κ2) is 4.93. The summed E-state index contributed by atoms with van der Waals surface area (Å²) in [4.78, 5) is 22.8. The molecule has 0 fully saturated rings. The van der Waals surface area contributed by atoms with Crippen molar-refractivity contribution in [2.24, 2.45) is 5.73 Å². The highest BCUT2D eigenvalue weighted by atomic mass is 35.5. The number of hydrogen-bond donors (Lipinski definition) is 1. The largest absolute Gasteiger partial charge is 0.447 e. The van der Waals surface area contributed by atoms with Crippen LogP contribution in [0.15, 0.2) is 22.6 Å². The van der Waals surface area contributed by atoms with Gasteiger partial charge in [-0.1, -0.05) is 23.7 Å². The number of carbonyl (C=O) groups excluding carboxylic acids is 2. The Hall–Kier alpha value is -2.01. The highest BCUT2D eigenvalue weighted by Crippen LogP contribution is 2.31. The fraction of sp³-hybridized carbons (Fsp3) is 0.231. The molecule has 1 heterocycles. The van der Waals surface area contributed by atoms with E-state index in [1.165, 1.54) is 6.92 Å². The molecule has 5 nitrogen and oxygen atoms in total. The highest BCUT2D eigenvalue weighted by Gasteiger charge is 2.23. The summed E-state index contributed by atoms with van der Waals surface area (Å²) < 4.78 is 10.3. The summed E-state index contributed by atoms with van der Waals surface area (Å²) in [6, 6.07) is 5.21. The third kappa shape index (κ3) is 2.42. The lowest BCUT2D eigenvalue weighted by atomic mass is 10.1. The average molecular weight is 282 g/mol. The highest BCUT2D eigenvalue weighted by molar-refractivity contribution is 6.35. The van der Waals surface area contributed by atoms with Gasteiger partial charge in [0.1, 0.15) is 0 Å². The Morgan fingerprint density at radius 3 is 2.68 bits per heavy atom. The molecule has 1 aromatic heterocycles. The van der Waals surface area contributed by atoms with Crippen LogP contribution in [0.5, 0.6) is 0 Å². The van der Waals surface area contributed by atoms with Crippen molar-refractivity contribution >= 4 is 34.4 Å². The molecule has 1 atom stereocenters. The van der Waals surface area contributed by atoms with Crippen LogP contribution in [0.1, 0.15) is 23.0 Å². The minimum atomic E-state index is -1.02. The first kappa shape index (κ1) is 13.4. The summed E-state index contributed by atoms with van der Waals surface area (Å²) in [6.45, 7) is 3.11. The summed E-state index contributed by atoms with van der Waals surface area (Å²) >= 11 is 5.98. The van der Waals surface area contributed by atoms with E-state index < -0.39 is 18.0 Å². The van der Waals surface area contributed by atoms with Crippen molar-refractivity contribution < 1.29 is 18.7 Å². The molecule has 0 bridgehead atoms. The molecule has 2 N–H and O–H groups in total. The molecule has 6 heteroatoms. The van der Waals surface area contributed by atoms with Gasteiger partial charge in [0, 0.05) is 10.9 Å². The SMILES string of the molecule is Cc1c(C(=O)O[C@@H](C)C(N)=O)oc2c(Cl)cccc12. The fourth-order valence-electron chi connectivity index (χ4n) is 1.68. The van der Waals surface area contributed by atoms with E-state index in [0.29, 0.717) is 16.2 Å². The maximum Gasteiger partial charge on any atom is 0.375 e. The van der Waals surface area contributed by atoms with Gasteiger partial charge >= 0.3 is 5.97 Å². The first-order valence-corrected chi connectivity index (χ1v) is 5.97. The first-order valence-electron chi connectivity index (χ1n) is 5.59. The first-order chi connectivity index (χ1) is 8.91. The number of para-hydroxylation sites is 1. The van der Waals surface area contributed by atoms with Crippen molar-refractivity contribution in [1.29, 1.82) is 0 Å². The van der Waals surface area contributed by atoms with Crippen LogP contribution in [0, 0.1) is 6.92 Å². The van der Waals surface area contributed by atoms with Crippen molar-refractivity contribution in [3.05, 3.63) is 34.5 Å². The second-order valence-corrected chi connectivity index (χ2v) is 4.53. The number of aryl methyl sites for hydroxylation is 1. The number of furan rings is 1. The molecule has 0 aliphatic rings. The molecule has 0 aliphatic carbocycles. The number of ether oxygens (including phenoxy) is 1. The van der Waals surface area contributed by atoms with E-state index in [0.717, 1.165) is 5.39 Å². The Bertz CT molecular complexity index is 662. The second-order valence-electron chi connectivity index (χ2n) is 4.12. The number of esters is 1. The zero-order chi connectivity index (χ0) is 14.2. The topological polar surface area (TPSA) is 82.5 Å². The number of carbonyl (C=O) groups is 2. The molecule has 0 spiro atoms. The van der Waals surface area contributed by atoms with E-state index in [2.05, 4.69) is 0 Å². The third-order valence-electron chi connectivity index (χ3n) is 2.79. The maximum absolute atomic E-state index is 11.9. The van der Waals surface area contributed by atoms with E-state index >= 15 is 0 Å². The van der Waals surface area contributed by atoms with Crippen molar-refractivity contribution in [3.8, 4) is 0 Å². The monoisotopic (exact) mass is 281 g/mol. The number of amides is 1. The number of benzene rings is 1. The van der Waals surface area contributed by atoms with Crippen LogP contribution in [-0.4, -0.2) is 18.0 Å². The van der Waals surface area contributed by atoms with E-state index in [-0.39, 0.29) is 5.76 Å². The Labute approximate surface area is 114 Å². The van der Waals surface area contributed by atoms with Crippen molar-refractivity contribution in [1.82, 2.24) is 0 Å². The average Bonchev–Trinajstić information content (AvgIpc) is 2.68. The summed E-state index contributed by atoms with van der Waals surface area (Å²) in [7, 11) is 0. The molecule has 2 aromatic rings. The van der Waals surface area contributed by atoms with Crippen LogP contribution in [0.3, 0.4) is 0 Å². The molecule has 19 heavy (non-hydrogen) atoms. The normalized spacial score (nSPS) is 12.4. The summed E-state index contributed by atoms with van der Waals surface area (Å²) in [5.41, 5.74) is 6.06. The van der Waals surface area contributed by atoms with Crippen molar-refractivity contribution in [2.45, 2.75) is 20.0 Å². The van der Waals surface area contributed by atoms with E-state index in [1.54, 1.807) is 25.1 Å². The molecule has 100 valence electrons. The van der Waals surface area contributed by atoms with E-state index in [4.69, 9.17) is 26.5 Å². The summed E-state index contributed by atoms with van der Waals surface area (Å²) in [5.74, 6) is -1.44. The zero-order valence-electron chi connectivity index (χ0n) is 10.4. The zero-order valence-corrected chi connectivity index (χ0v) is 11.2.